The van der Waals surface area contributed by atoms with Crippen LogP contribution < -0.4 is 9.47 Å². The molecule has 0 fully saturated rings. The van der Waals surface area contributed by atoms with Gasteiger partial charge in [0.15, 0.2) is 0 Å². The van der Waals surface area contributed by atoms with Gasteiger partial charge in [0.25, 0.3) is 6.33 Å². The lowest BCUT2D eigenvalue weighted by atomic mass is 10.3. The molecule has 0 amide bonds. The predicted molar refractivity (Wildman–Crippen MR) is 51.3 cm³/mol. The van der Waals surface area contributed by atoms with Crippen molar-refractivity contribution in [1.29, 1.82) is 0 Å². The molecule has 4 nitrogen and oxygen atoms in total. The highest BCUT2D eigenvalue weighted by Gasteiger charge is 2.02. The minimum absolute atomic E-state index is 0.754. The van der Waals surface area contributed by atoms with Gasteiger partial charge in [-0.2, -0.15) is 0 Å². The van der Waals surface area contributed by atoms with Crippen molar-refractivity contribution in [2.75, 3.05) is 7.11 Å². The predicted octanol–water partition coefficient (Wildman–Crippen LogP) is 1.12. The van der Waals surface area contributed by atoms with Crippen molar-refractivity contribution < 1.29 is 9.47 Å². The molecule has 0 atom stereocenters. The summed E-state index contributed by atoms with van der Waals surface area (Å²) >= 11 is 0. The standard InChI is InChI=1S/C10H10N2O2/c1-14-10-4-2-9(3-5-10)11-6-7-12(13)8-11/h2-8H,1H3. The van der Waals surface area contributed by atoms with Crippen LogP contribution in [0.3, 0.4) is 0 Å². The molecule has 1 heterocycles. The monoisotopic (exact) mass is 190 g/mol. The van der Waals surface area contributed by atoms with Gasteiger partial charge in [0.2, 0.25) is 0 Å². The number of nitrogens with zero attached hydrogens (tertiary/aromatic N) is 2. The van der Waals surface area contributed by atoms with E-state index in [1.54, 1.807) is 17.9 Å². The normalized spacial score (nSPS) is 10.1. The summed E-state index contributed by atoms with van der Waals surface area (Å²) in [7, 11) is 1.62. The van der Waals surface area contributed by atoms with Crippen LogP contribution >= 0.6 is 0 Å². The molecule has 1 aromatic carbocycles. The van der Waals surface area contributed by atoms with E-state index in [2.05, 4.69) is 0 Å². The molecule has 1 aromatic heterocycles. The molecule has 72 valence electrons. The summed E-state index contributed by atoms with van der Waals surface area (Å²) in [5, 5.41) is 10.9. The number of imidazole rings is 1. The third-order valence-electron chi connectivity index (χ3n) is 1.98. The van der Waals surface area contributed by atoms with Crippen LogP contribution in [0, 0.1) is 5.21 Å². The Labute approximate surface area is 81.6 Å². The third-order valence-corrected chi connectivity index (χ3v) is 1.98. The van der Waals surface area contributed by atoms with E-state index in [9.17, 15) is 5.21 Å². The fraction of sp³-hybridized carbons (Fsp3) is 0.100. The molecule has 2 rings (SSSR count). The van der Waals surface area contributed by atoms with Crippen molar-refractivity contribution in [1.82, 2.24) is 4.57 Å². The summed E-state index contributed by atoms with van der Waals surface area (Å²) in [6.07, 6.45) is 4.61. The van der Waals surface area contributed by atoms with Gasteiger partial charge in [0, 0.05) is 0 Å². The number of rotatable bonds is 2. The topological polar surface area (TPSA) is 41.1 Å². The largest absolute Gasteiger partial charge is 0.711 e. The first kappa shape index (κ1) is 8.62. The molecular weight excluding hydrogens is 180 g/mol. The number of hydrogen-bond donors (Lipinski definition) is 0. The quantitative estimate of drug-likeness (QED) is 0.526. The molecule has 0 bridgehead atoms. The van der Waals surface area contributed by atoms with Gasteiger partial charge in [-0.3, -0.25) is 0 Å². The van der Waals surface area contributed by atoms with Gasteiger partial charge in [-0.1, -0.05) is 0 Å². The zero-order chi connectivity index (χ0) is 9.97. The van der Waals surface area contributed by atoms with Crippen LogP contribution in [-0.4, -0.2) is 11.7 Å². The molecule has 0 unspecified atom stereocenters. The maximum atomic E-state index is 10.9. The van der Waals surface area contributed by atoms with Crippen LogP contribution in [-0.2, 0) is 0 Å². The number of methoxy groups -OCH3 is 1. The Kier molecular flexibility index (Phi) is 2.10. The van der Waals surface area contributed by atoms with Crippen LogP contribution in [0.15, 0.2) is 43.0 Å². The molecule has 0 aliphatic carbocycles. The highest BCUT2D eigenvalue weighted by molar-refractivity contribution is 5.36. The Hall–Kier alpha value is -1.97. The summed E-state index contributed by atoms with van der Waals surface area (Å²) in [5.74, 6) is 0.802. The summed E-state index contributed by atoms with van der Waals surface area (Å²) in [4.78, 5) is 0. The first-order valence-corrected chi connectivity index (χ1v) is 4.21. The van der Waals surface area contributed by atoms with Crippen molar-refractivity contribution in [3.8, 4) is 11.4 Å². The second-order valence-corrected chi connectivity index (χ2v) is 2.88. The molecule has 0 aliphatic heterocycles. The SMILES string of the molecule is COc1ccc(-n2cc[n+]([O-])c2)cc1. The average Bonchev–Trinajstić information content (AvgIpc) is 2.65. The average molecular weight is 190 g/mol. The number of hydrogen-bond acceptors (Lipinski definition) is 2. The lowest BCUT2D eigenvalue weighted by Crippen LogP contribution is -2.21. The lowest BCUT2D eigenvalue weighted by molar-refractivity contribution is -0.604. The fourth-order valence-electron chi connectivity index (χ4n) is 1.24. The number of benzene rings is 1. The van der Waals surface area contributed by atoms with Gasteiger partial charge in [-0.05, 0) is 24.3 Å². The Bertz CT molecular complexity index is 420. The second kappa shape index (κ2) is 3.41. The van der Waals surface area contributed by atoms with E-state index in [0.717, 1.165) is 16.2 Å². The number of ether oxygens (including phenoxy) is 1. The first-order valence-electron chi connectivity index (χ1n) is 4.21. The lowest BCUT2D eigenvalue weighted by Gasteiger charge is -1.99. The van der Waals surface area contributed by atoms with Crippen LogP contribution in [0.2, 0.25) is 0 Å². The van der Waals surface area contributed by atoms with Gasteiger partial charge in [-0.25, -0.2) is 9.30 Å². The molecule has 0 saturated carbocycles. The van der Waals surface area contributed by atoms with Crippen molar-refractivity contribution in [3.05, 3.63) is 48.2 Å². The minimum Gasteiger partial charge on any atom is -0.711 e. The molecule has 0 saturated heterocycles. The van der Waals surface area contributed by atoms with Gasteiger partial charge >= 0.3 is 0 Å². The van der Waals surface area contributed by atoms with Crippen molar-refractivity contribution in [2.24, 2.45) is 0 Å². The molecule has 0 N–H and O–H groups in total. The molecule has 0 spiro atoms. The van der Waals surface area contributed by atoms with Crippen LogP contribution in [0.5, 0.6) is 5.75 Å². The molecule has 0 radical (unpaired) electrons. The van der Waals surface area contributed by atoms with Crippen molar-refractivity contribution in [2.45, 2.75) is 0 Å². The Morgan fingerprint density at radius 2 is 2.00 bits per heavy atom. The molecule has 4 heteroatoms. The zero-order valence-electron chi connectivity index (χ0n) is 7.75. The Morgan fingerprint density at radius 3 is 2.50 bits per heavy atom. The molecule has 2 aromatic rings. The van der Waals surface area contributed by atoms with Gasteiger partial charge in [-0.15, -0.1) is 0 Å². The minimum atomic E-state index is 0.754. The molecule has 0 aliphatic rings. The summed E-state index contributed by atoms with van der Waals surface area (Å²) in [6.45, 7) is 0. The van der Waals surface area contributed by atoms with Crippen LogP contribution in [0.4, 0.5) is 0 Å². The zero-order valence-corrected chi connectivity index (χ0v) is 7.75. The summed E-state index contributed by atoms with van der Waals surface area (Å²) in [5.41, 5.74) is 0.931. The Morgan fingerprint density at radius 1 is 1.29 bits per heavy atom. The van der Waals surface area contributed by atoms with E-state index in [0.29, 0.717) is 0 Å². The fourth-order valence-corrected chi connectivity index (χ4v) is 1.24. The van der Waals surface area contributed by atoms with Gasteiger partial charge in [0.1, 0.15) is 23.8 Å². The number of aromatic nitrogens is 2. The van der Waals surface area contributed by atoms with Crippen LogP contribution in [0.1, 0.15) is 0 Å². The highest BCUT2D eigenvalue weighted by Crippen LogP contribution is 2.13. The first-order chi connectivity index (χ1) is 6.79. The van der Waals surface area contributed by atoms with E-state index in [1.807, 2.05) is 24.3 Å². The molecular formula is C10H10N2O2. The van der Waals surface area contributed by atoms with E-state index in [1.165, 1.54) is 12.5 Å². The second-order valence-electron chi connectivity index (χ2n) is 2.88. The smallest absolute Gasteiger partial charge is 0.252 e. The van der Waals surface area contributed by atoms with Gasteiger partial charge < -0.3 is 9.94 Å². The van der Waals surface area contributed by atoms with E-state index >= 15 is 0 Å². The van der Waals surface area contributed by atoms with Crippen LogP contribution in [0.25, 0.3) is 5.69 Å². The van der Waals surface area contributed by atoms with Gasteiger partial charge in [0.05, 0.1) is 7.11 Å². The van der Waals surface area contributed by atoms with E-state index in [-0.39, 0.29) is 0 Å². The molecule has 14 heavy (non-hydrogen) atoms. The van der Waals surface area contributed by atoms with E-state index < -0.39 is 0 Å². The van der Waals surface area contributed by atoms with E-state index in [4.69, 9.17) is 4.74 Å². The maximum Gasteiger partial charge on any atom is 0.252 e. The van der Waals surface area contributed by atoms with Crippen molar-refractivity contribution >= 4 is 0 Å². The highest BCUT2D eigenvalue weighted by atomic mass is 16.5. The van der Waals surface area contributed by atoms with Crippen molar-refractivity contribution in [3.63, 3.8) is 0 Å². The third kappa shape index (κ3) is 1.54. The Balaban J connectivity index is 2.33. The summed E-state index contributed by atoms with van der Waals surface area (Å²) < 4.78 is 7.53. The maximum absolute atomic E-state index is 10.9. The summed E-state index contributed by atoms with van der Waals surface area (Å²) in [6, 6.07) is 7.48.